The van der Waals surface area contributed by atoms with Crippen molar-refractivity contribution in [3.8, 4) is 5.75 Å². The highest BCUT2D eigenvalue weighted by atomic mass is 19.1. The largest absolute Gasteiger partial charge is 0.490 e. The number of rotatable bonds is 5. The van der Waals surface area contributed by atoms with E-state index in [4.69, 9.17) is 9.47 Å². The monoisotopic (exact) mass is 226 g/mol. The summed E-state index contributed by atoms with van der Waals surface area (Å²) in [6, 6.07) is 4.90. The Kier molecular flexibility index (Phi) is 4.76. The van der Waals surface area contributed by atoms with Crippen LogP contribution >= 0.6 is 0 Å². The maximum absolute atomic E-state index is 13.4. The normalized spacial score (nSPS) is 9.94. The number of ether oxygens (including phenoxy) is 2. The first-order valence-electron chi connectivity index (χ1n) is 5.18. The number of carbonyl (C=O) groups excluding carboxylic acids is 1. The molecular formula is C12H15FO3. The van der Waals surface area contributed by atoms with Gasteiger partial charge in [0, 0.05) is 0 Å². The van der Waals surface area contributed by atoms with E-state index >= 15 is 0 Å². The van der Waals surface area contributed by atoms with Gasteiger partial charge in [0.05, 0.1) is 19.6 Å². The zero-order chi connectivity index (χ0) is 12.0. The zero-order valence-electron chi connectivity index (χ0n) is 9.46. The lowest BCUT2D eigenvalue weighted by Gasteiger charge is -2.07. The zero-order valence-corrected chi connectivity index (χ0v) is 9.46. The average Bonchev–Trinajstić information content (AvgIpc) is 2.25. The van der Waals surface area contributed by atoms with Crippen molar-refractivity contribution in [3.63, 3.8) is 0 Å². The maximum Gasteiger partial charge on any atom is 0.309 e. The van der Waals surface area contributed by atoms with Crippen LogP contribution in [-0.2, 0) is 9.53 Å². The molecule has 0 saturated heterocycles. The van der Waals surface area contributed by atoms with E-state index in [0.29, 0.717) is 12.2 Å². The summed E-state index contributed by atoms with van der Waals surface area (Å²) < 4.78 is 23.3. The molecule has 0 aliphatic rings. The van der Waals surface area contributed by atoms with Gasteiger partial charge in [0.1, 0.15) is 0 Å². The number of aryl methyl sites for hydroxylation is 1. The summed E-state index contributed by atoms with van der Waals surface area (Å²) >= 11 is 0. The number of hydrogen-bond acceptors (Lipinski definition) is 3. The van der Waals surface area contributed by atoms with E-state index < -0.39 is 0 Å². The second kappa shape index (κ2) is 6.10. The van der Waals surface area contributed by atoms with Gasteiger partial charge in [-0.1, -0.05) is 12.1 Å². The van der Waals surface area contributed by atoms with Crippen molar-refractivity contribution < 1.29 is 18.7 Å². The maximum atomic E-state index is 13.4. The Morgan fingerprint density at radius 2 is 2.19 bits per heavy atom. The second-order valence-electron chi connectivity index (χ2n) is 3.29. The van der Waals surface area contributed by atoms with Gasteiger partial charge in [-0.3, -0.25) is 4.79 Å². The van der Waals surface area contributed by atoms with Crippen molar-refractivity contribution in [2.45, 2.75) is 20.3 Å². The molecule has 0 amide bonds. The summed E-state index contributed by atoms with van der Waals surface area (Å²) in [7, 11) is 0. The van der Waals surface area contributed by atoms with E-state index in [2.05, 4.69) is 0 Å². The predicted octanol–water partition coefficient (Wildman–Crippen LogP) is 2.47. The van der Waals surface area contributed by atoms with Crippen LogP contribution < -0.4 is 4.74 Å². The number of carbonyl (C=O) groups is 1. The van der Waals surface area contributed by atoms with Crippen molar-refractivity contribution in [3.05, 3.63) is 29.6 Å². The second-order valence-corrected chi connectivity index (χ2v) is 3.29. The van der Waals surface area contributed by atoms with Crippen LogP contribution in [0.3, 0.4) is 0 Å². The standard InChI is InChI=1S/C12H15FO3/c1-3-15-11(14)7-8-16-10-6-4-5-9(2)12(10)13/h4-6H,3,7-8H2,1-2H3. The first-order valence-corrected chi connectivity index (χ1v) is 5.18. The summed E-state index contributed by atoms with van der Waals surface area (Å²) in [5.74, 6) is -0.550. The molecule has 1 rings (SSSR count). The van der Waals surface area contributed by atoms with Gasteiger partial charge in [0.25, 0.3) is 0 Å². The topological polar surface area (TPSA) is 35.5 Å². The van der Waals surface area contributed by atoms with E-state index in [1.165, 1.54) is 6.07 Å². The van der Waals surface area contributed by atoms with Crippen LogP contribution in [0, 0.1) is 12.7 Å². The highest BCUT2D eigenvalue weighted by Gasteiger charge is 2.07. The van der Waals surface area contributed by atoms with E-state index in [-0.39, 0.29) is 30.6 Å². The molecular weight excluding hydrogens is 211 g/mol. The van der Waals surface area contributed by atoms with Crippen molar-refractivity contribution in [1.29, 1.82) is 0 Å². The van der Waals surface area contributed by atoms with Crippen LogP contribution in [0.5, 0.6) is 5.75 Å². The van der Waals surface area contributed by atoms with Gasteiger partial charge in [-0.25, -0.2) is 4.39 Å². The van der Waals surface area contributed by atoms with Gasteiger partial charge >= 0.3 is 5.97 Å². The minimum absolute atomic E-state index is 0.124. The third kappa shape index (κ3) is 3.53. The molecule has 0 N–H and O–H groups in total. The van der Waals surface area contributed by atoms with Crippen molar-refractivity contribution in [2.24, 2.45) is 0 Å². The molecule has 88 valence electrons. The minimum Gasteiger partial charge on any atom is -0.490 e. The molecule has 1 aromatic carbocycles. The molecule has 0 bridgehead atoms. The summed E-state index contributed by atoms with van der Waals surface area (Å²) in [5, 5.41) is 0. The molecule has 4 heteroatoms. The summed E-state index contributed by atoms with van der Waals surface area (Å²) in [6.45, 7) is 3.86. The summed E-state index contributed by atoms with van der Waals surface area (Å²) in [4.78, 5) is 11.0. The molecule has 16 heavy (non-hydrogen) atoms. The lowest BCUT2D eigenvalue weighted by Crippen LogP contribution is -2.10. The number of benzene rings is 1. The molecule has 0 aliphatic heterocycles. The van der Waals surface area contributed by atoms with Crippen molar-refractivity contribution in [2.75, 3.05) is 13.2 Å². The summed E-state index contributed by atoms with van der Waals surface area (Å²) in [5.41, 5.74) is 0.522. The van der Waals surface area contributed by atoms with Crippen LogP contribution in [0.2, 0.25) is 0 Å². The highest BCUT2D eigenvalue weighted by Crippen LogP contribution is 2.19. The molecule has 0 radical (unpaired) electrons. The molecule has 0 aliphatic carbocycles. The van der Waals surface area contributed by atoms with E-state index in [1.807, 2.05) is 0 Å². The molecule has 0 heterocycles. The van der Waals surface area contributed by atoms with Gasteiger partial charge < -0.3 is 9.47 Å². The lowest BCUT2D eigenvalue weighted by molar-refractivity contribution is -0.143. The summed E-state index contributed by atoms with van der Waals surface area (Å²) in [6.07, 6.45) is 0.126. The van der Waals surface area contributed by atoms with Crippen LogP contribution in [0.1, 0.15) is 18.9 Å². The van der Waals surface area contributed by atoms with Gasteiger partial charge in [-0.05, 0) is 25.5 Å². The van der Waals surface area contributed by atoms with Gasteiger partial charge in [-0.15, -0.1) is 0 Å². The first-order chi connectivity index (χ1) is 7.65. The average molecular weight is 226 g/mol. The van der Waals surface area contributed by atoms with Gasteiger partial charge in [-0.2, -0.15) is 0 Å². The molecule has 0 unspecified atom stereocenters. The van der Waals surface area contributed by atoms with Crippen LogP contribution in [0.4, 0.5) is 4.39 Å². The van der Waals surface area contributed by atoms with E-state index in [1.54, 1.807) is 26.0 Å². The molecule has 0 aromatic heterocycles. The highest BCUT2D eigenvalue weighted by molar-refractivity contribution is 5.69. The molecule has 0 fully saturated rings. The van der Waals surface area contributed by atoms with Crippen molar-refractivity contribution in [1.82, 2.24) is 0 Å². The smallest absolute Gasteiger partial charge is 0.309 e. The predicted molar refractivity (Wildman–Crippen MR) is 57.9 cm³/mol. The fraction of sp³-hybridized carbons (Fsp3) is 0.417. The Bertz CT molecular complexity index is 363. The van der Waals surface area contributed by atoms with Gasteiger partial charge in [0.2, 0.25) is 0 Å². The molecule has 1 aromatic rings. The first kappa shape index (κ1) is 12.5. The Balaban J connectivity index is 2.43. The number of halogens is 1. The molecule has 0 spiro atoms. The minimum atomic E-state index is -0.383. The van der Waals surface area contributed by atoms with Crippen LogP contribution in [-0.4, -0.2) is 19.2 Å². The fourth-order valence-electron chi connectivity index (χ4n) is 1.21. The third-order valence-corrected chi connectivity index (χ3v) is 2.03. The number of hydrogen-bond donors (Lipinski definition) is 0. The molecule has 0 saturated carbocycles. The SMILES string of the molecule is CCOC(=O)CCOc1cccc(C)c1F. The Labute approximate surface area is 94.2 Å². The van der Waals surface area contributed by atoms with Crippen LogP contribution in [0.25, 0.3) is 0 Å². The third-order valence-electron chi connectivity index (χ3n) is 2.03. The van der Waals surface area contributed by atoms with Crippen LogP contribution in [0.15, 0.2) is 18.2 Å². The molecule has 3 nitrogen and oxygen atoms in total. The quantitative estimate of drug-likeness (QED) is 0.723. The van der Waals surface area contributed by atoms with E-state index in [9.17, 15) is 9.18 Å². The van der Waals surface area contributed by atoms with E-state index in [0.717, 1.165) is 0 Å². The van der Waals surface area contributed by atoms with Crippen molar-refractivity contribution >= 4 is 5.97 Å². The number of esters is 1. The fourth-order valence-corrected chi connectivity index (χ4v) is 1.21. The molecule has 0 atom stereocenters. The Hall–Kier alpha value is -1.58. The Morgan fingerprint density at radius 1 is 1.44 bits per heavy atom. The van der Waals surface area contributed by atoms with Gasteiger partial charge in [0.15, 0.2) is 11.6 Å². The lowest BCUT2D eigenvalue weighted by atomic mass is 10.2. The Morgan fingerprint density at radius 3 is 2.88 bits per heavy atom.